The number of benzene rings is 2. The van der Waals surface area contributed by atoms with E-state index < -0.39 is 233 Å². The fraction of sp³-hybridized carbons (Fsp3) is 0.333. The summed E-state index contributed by atoms with van der Waals surface area (Å²) in [5.41, 5.74) is 8.69. The van der Waals surface area contributed by atoms with Gasteiger partial charge in [0.05, 0.1) is 11.1 Å². The summed E-state index contributed by atoms with van der Waals surface area (Å²) in [4.78, 5) is 74.6. The van der Waals surface area contributed by atoms with Crippen molar-refractivity contribution >= 4 is 361 Å². The molecule has 105 heavy (non-hydrogen) atoms. The molecule has 8 rings (SSSR count). The van der Waals surface area contributed by atoms with Gasteiger partial charge < -0.3 is 52.3 Å². The molecule has 2 amide bonds. The lowest BCUT2D eigenvalue weighted by Gasteiger charge is -2.46. The van der Waals surface area contributed by atoms with Crippen LogP contribution in [-0.4, -0.2) is 401 Å². The number of rotatable bonds is 20. The standard InChI is InChI=1S/C24H25NO7Si.C21H17NO7.B22.B21/c1-33(2,3)7-6-11-4-5-15(26)18-14(11)9-12-8-13-10-16(27)19(23(25)31)22(30)24(13,32)21(29)17(12)20(18)28;1-2-8-3-4-12(23)15-11(8)6-9-5-10-7-13(24)16(20(22)28)19(27)21(10,29)18(26)14(9)17(15)25;1-13(2)19(14(3)4)22(20(15(5)6)16(7)8)21(17(9)10)18(11)12;1-12-18(13(2)3)21(19(14(4)5)15(6)7)20(16(8)9)17(10)11/h4-5,12-13,26,28,30,32H,8-10H2,1-3H3,(H2,25,31);1,3-4,9-10,23,25,27,29H,5-7H2,(H2,22,28);;/t12-,13+,24+;9-,10+,21+;;/m11../s1. The number of aliphatic hydroxyl groups is 6. The number of fused-ring (bicyclic) bond motifs is 6. The lowest BCUT2D eigenvalue weighted by Crippen LogP contribution is -2.83. The van der Waals surface area contributed by atoms with E-state index in [-0.39, 0.29) is 72.3 Å². The van der Waals surface area contributed by atoms with Gasteiger partial charge in [-0.25, -0.2) is 0 Å². The van der Waals surface area contributed by atoms with Gasteiger partial charge >= 0.3 is 0 Å². The third kappa shape index (κ3) is 19.1. The second kappa shape index (κ2) is 36.8. The Hall–Kier alpha value is -4.13. The minimum absolute atomic E-state index is 0.00687. The van der Waals surface area contributed by atoms with Gasteiger partial charge in [0, 0.05) is 353 Å². The molecular weight excluding hydrogens is 1290 g/mol. The molecule has 0 heterocycles. The van der Waals surface area contributed by atoms with E-state index in [0.29, 0.717) is 22.3 Å². The van der Waals surface area contributed by atoms with Crippen LogP contribution in [0.3, 0.4) is 0 Å². The topological polar surface area (TPSA) is 316 Å². The SMILES string of the molecule is C#Cc1ccc(O)c2c1C[C@H]1C[C@H]3CC(=O)C(C(N)=O)=C(O)[C@@]3(O)C(=O)C1=C2O.C[Si](C)(C)C#Cc1ccc(O)c2c1C[C@H]1C[C@H]3CC(=O)C(C(N)=O)=C(O)[C@@]3(O)C(=O)C1=C2O.[B]B([B])B(B([B])[B])B(B(B([B])[B])B([B])[B])B(B([B])[B])B([B])[B].[B][B]B(B([B])[B])B(B(B([B])[B])B([B])[B])B(B([B])[B])B([B])[B]. The highest BCUT2D eigenvalue weighted by Gasteiger charge is 2.62. The van der Waals surface area contributed by atoms with Crippen molar-refractivity contribution in [3.63, 3.8) is 0 Å². The van der Waals surface area contributed by atoms with Crippen LogP contribution in [0.2, 0.25) is 19.6 Å². The van der Waals surface area contributed by atoms with Crippen molar-refractivity contribution in [1.29, 1.82) is 0 Å². The van der Waals surface area contributed by atoms with E-state index in [4.69, 9.17) is 196 Å². The van der Waals surface area contributed by atoms with Crippen molar-refractivity contribution in [3.05, 3.63) is 91.5 Å². The van der Waals surface area contributed by atoms with Crippen LogP contribution in [0, 0.1) is 47.5 Å². The Morgan fingerprint density at radius 2 is 0.771 bits per heavy atom. The Morgan fingerprint density at radius 1 is 0.476 bits per heavy atom. The number of Topliss-reactive ketones (excluding diaryl/α,β-unsaturated/α-hetero) is 4. The normalized spacial score (nSPS) is 20.0. The summed E-state index contributed by atoms with van der Waals surface area (Å²) >= 11 is 0. The molecule has 2 aromatic carbocycles. The summed E-state index contributed by atoms with van der Waals surface area (Å²) in [6.07, 6.45) is -9.69. The van der Waals surface area contributed by atoms with Crippen LogP contribution < -0.4 is 11.5 Å². The fourth-order valence-corrected chi connectivity index (χ4v) is 16.2. The number of carbonyl (C=O) groups is 6. The maximum absolute atomic E-state index is 13.4. The average molecular weight is 1330 g/mol. The highest BCUT2D eigenvalue weighted by molar-refractivity contribution is 8.23. The first kappa shape index (κ1) is 91.5. The Bertz CT molecular complexity index is 3790. The number of aliphatic hydroxyl groups excluding tert-OH is 4. The van der Waals surface area contributed by atoms with Crippen LogP contribution in [0.5, 0.6) is 11.5 Å². The highest BCUT2D eigenvalue weighted by Crippen LogP contribution is 2.54. The first-order valence-corrected chi connectivity index (χ1v) is 36.7. The second-order valence-electron chi connectivity index (χ2n) is 28.6. The number of ketones is 4. The highest BCUT2D eigenvalue weighted by atomic mass is 28.3. The molecule has 0 unspecified atom stereocenters. The van der Waals surface area contributed by atoms with Gasteiger partial charge in [0.25, 0.3) is 11.8 Å². The van der Waals surface area contributed by atoms with Gasteiger partial charge in [-0.05, 0) is 72.9 Å². The number of hydrogen-bond acceptors (Lipinski definition) is 14. The Kier molecular flexibility index (Phi) is 32.1. The van der Waals surface area contributed by atoms with Crippen molar-refractivity contribution < 1.29 is 69.6 Å². The van der Waals surface area contributed by atoms with Crippen LogP contribution >= 0.6 is 0 Å². The Balaban J connectivity index is 0.000000257. The summed E-state index contributed by atoms with van der Waals surface area (Å²) < 4.78 is 0. The van der Waals surface area contributed by atoms with E-state index in [1.54, 1.807) is 6.07 Å². The van der Waals surface area contributed by atoms with Gasteiger partial charge in [-0.15, -0.1) is 12.0 Å². The molecular formula is C45H42B43N2O14Si. The number of primary amides is 2. The smallest absolute Gasteiger partial charge is 0.255 e. The third-order valence-electron chi connectivity index (χ3n) is 20.4. The molecule has 60 heteroatoms. The predicted octanol–water partition coefficient (Wildman–Crippen LogP) is -14.3. The molecule has 449 valence electrons. The fourth-order valence-electron chi connectivity index (χ4n) is 15.7. The number of nitrogens with two attached hydrogens (primary N) is 2. The zero-order valence-corrected chi connectivity index (χ0v) is 59.4. The van der Waals surface area contributed by atoms with E-state index in [9.17, 15) is 69.6 Å². The van der Waals surface area contributed by atoms with Crippen LogP contribution in [0.1, 0.15) is 59.1 Å². The molecule has 2 fully saturated rings. The van der Waals surface area contributed by atoms with Crippen LogP contribution in [0.4, 0.5) is 0 Å². The molecule has 0 bridgehead atoms. The molecule has 2 aromatic rings. The van der Waals surface area contributed by atoms with Crippen molar-refractivity contribution in [2.24, 2.45) is 35.1 Å². The summed E-state index contributed by atoms with van der Waals surface area (Å²) in [5.74, 6) is -7.32. The predicted molar refractivity (Wildman–Crippen MR) is 468 cm³/mol. The Labute approximate surface area is 657 Å². The van der Waals surface area contributed by atoms with Crippen LogP contribution in [-0.2, 0) is 41.6 Å². The van der Waals surface area contributed by atoms with E-state index >= 15 is 0 Å². The second-order valence-corrected chi connectivity index (χ2v) is 33.3. The van der Waals surface area contributed by atoms with Gasteiger partial charge in [0.15, 0.2) is 22.8 Å². The van der Waals surface area contributed by atoms with Crippen molar-refractivity contribution in [2.45, 2.75) is 69.4 Å². The van der Waals surface area contributed by atoms with Crippen LogP contribution in [0.15, 0.2) is 58.1 Å². The van der Waals surface area contributed by atoms with E-state index in [0.717, 1.165) is 0 Å². The first-order chi connectivity index (χ1) is 48.4. The van der Waals surface area contributed by atoms with Gasteiger partial charge in [0.2, 0.25) is 11.6 Å². The molecule has 6 aliphatic rings. The average Bonchev–Trinajstić information content (AvgIpc) is 0.714. The number of amides is 2. The van der Waals surface area contributed by atoms with Crippen LogP contribution in [0.25, 0.3) is 11.5 Å². The lowest BCUT2D eigenvalue weighted by atomic mass is 8.36. The maximum Gasteiger partial charge on any atom is 0.255 e. The van der Waals surface area contributed by atoms with E-state index in [1.165, 1.54) is 25.3 Å². The molecule has 47 radical (unpaired) electrons. The lowest BCUT2D eigenvalue weighted by molar-refractivity contribution is -0.148. The minimum atomic E-state index is -2.56. The zero-order valence-electron chi connectivity index (χ0n) is 58.4. The van der Waals surface area contributed by atoms with E-state index in [1.807, 2.05) is 0 Å². The summed E-state index contributed by atoms with van der Waals surface area (Å²) in [6.45, 7) is 6.26. The molecule has 0 spiro atoms. The molecule has 2 saturated carbocycles. The van der Waals surface area contributed by atoms with Crippen molar-refractivity contribution in [2.75, 3.05) is 0 Å². The quantitative estimate of drug-likeness (QED) is 0.0335. The molecule has 0 aromatic heterocycles. The summed E-state index contributed by atoms with van der Waals surface area (Å²) in [6, 6.07) is 5.86. The monoisotopic (exact) mass is 1340 g/mol. The number of terminal acetylenes is 1. The first-order valence-electron chi connectivity index (χ1n) is 33.2. The zero-order chi connectivity index (χ0) is 80.4. The van der Waals surface area contributed by atoms with Gasteiger partial charge in [-0.3, -0.25) is 28.8 Å². The van der Waals surface area contributed by atoms with Gasteiger partial charge in [0.1, 0.15) is 53.8 Å². The summed E-state index contributed by atoms with van der Waals surface area (Å²) in [7, 11) is 133. The molecule has 16 nitrogen and oxygen atoms in total. The number of phenolic OH excluding ortho intramolecular Hbond substituents is 2. The summed E-state index contributed by atoms with van der Waals surface area (Å²) in [5, 5.41) is 85.9. The Morgan fingerprint density at radius 3 is 1.04 bits per heavy atom. The molecule has 0 saturated heterocycles. The molecule has 12 N–H and O–H groups in total. The van der Waals surface area contributed by atoms with Gasteiger partial charge in [-0.2, -0.15) is 0 Å². The molecule has 6 aliphatic carbocycles. The van der Waals surface area contributed by atoms with Gasteiger partial charge in [-0.1, -0.05) is 31.5 Å². The number of aromatic hydroxyl groups is 2. The molecule has 0 aliphatic heterocycles. The van der Waals surface area contributed by atoms with Crippen molar-refractivity contribution in [1.82, 2.24) is 0 Å². The molecule has 6 atom stereocenters. The number of hydrogen-bond donors (Lipinski definition) is 10. The third-order valence-corrected chi connectivity index (χ3v) is 21.3. The van der Waals surface area contributed by atoms with E-state index in [2.05, 4.69) is 37.0 Å². The van der Waals surface area contributed by atoms with Crippen molar-refractivity contribution in [3.8, 4) is 35.3 Å². The number of phenols is 2. The minimum Gasteiger partial charge on any atom is -0.508 e. The largest absolute Gasteiger partial charge is 0.508 e. The number of carbonyl (C=O) groups excluding carboxylic acids is 6. The maximum atomic E-state index is 13.4.